The number of piperazine rings is 1. The summed E-state index contributed by atoms with van der Waals surface area (Å²) in [6, 6.07) is 2.23. The molecule has 0 spiro atoms. The van der Waals surface area contributed by atoms with Crippen molar-refractivity contribution in [3.63, 3.8) is 0 Å². The van der Waals surface area contributed by atoms with Crippen molar-refractivity contribution < 1.29 is 9.59 Å². The fourth-order valence-electron chi connectivity index (χ4n) is 4.77. The van der Waals surface area contributed by atoms with E-state index in [1.54, 1.807) is 17.3 Å². The van der Waals surface area contributed by atoms with E-state index in [1.165, 1.54) is 0 Å². The molecule has 0 bridgehead atoms. The lowest BCUT2D eigenvalue weighted by molar-refractivity contribution is -0.139. The van der Waals surface area contributed by atoms with Gasteiger partial charge in [0.25, 0.3) is 0 Å². The van der Waals surface area contributed by atoms with E-state index in [4.69, 9.17) is 0 Å². The summed E-state index contributed by atoms with van der Waals surface area (Å²) >= 11 is 0. The molecule has 3 aliphatic rings. The largest absolute Gasteiger partial charge is 0.338 e. The highest BCUT2D eigenvalue weighted by Crippen LogP contribution is 2.38. The minimum Gasteiger partial charge on any atom is -0.338 e. The van der Waals surface area contributed by atoms with Crippen LogP contribution in [-0.4, -0.2) is 58.9 Å². The lowest BCUT2D eigenvalue weighted by Gasteiger charge is -2.33. The number of imide groups is 1. The molecule has 1 N–H and O–H groups in total. The third kappa shape index (κ3) is 3.98. The summed E-state index contributed by atoms with van der Waals surface area (Å²) < 4.78 is 0. The van der Waals surface area contributed by atoms with E-state index in [0.29, 0.717) is 12.6 Å². The van der Waals surface area contributed by atoms with E-state index < -0.39 is 0 Å². The van der Waals surface area contributed by atoms with Gasteiger partial charge in [-0.25, -0.2) is 9.97 Å². The molecule has 1 saturated carbocycles. The van der Waals surface area contributed by atoms with E-state index in [9.17, 15) is 9.59 Å². The molecule has 4 rings (SSSR count). The van der Waals surface area contributed by atoms with E-state index >= 15 is 0 Å². The van der Waals surface area contributed by atoms with Gasteiger partial charge in [-0.05, 0) is 31.7 Å². The second-order valence-corrected chi connectivity index (χ2v) is 7.97. The molecule has 0 aromatic carbocycles. The molecule has 7 heteroatoms. The lowest BCUT2D eigenvalue weighted by atomic mass is 9.81. The van der Waals surface area contributed by atoms with E-state index in [0.717, 1.165) is 70.5 Å². The fourth-order valence-corrected chi connectivity index (χ4v) is 4.77. The molecular formula is C20H29N5O2. The van der Waals surface area contributed by atoms with Crippen LogP contribution in [0, 0.1) is 11.8 Å². The van der Waals surface area contributed by atoms with Crippen molar-refractivity contribution in [1.82, 2.24) is 20.2 Å². The van der Waals surface area contributed by atoms with Crippen LogP contribution in [0.5, 0.6) is 0 Å². The Morgan fingerprint density at radius 3 is 2.44 bits per heavy atom. The first kappa shape index (κ1) is 18.3. The van der Waals surface area contributed by atoms with Crippen LogP contribution in [0.15, 0.2) is 18.5 Å². The van der Waals surface area contributed by atoms with Crippen molar-refractivity contribution in [2.45, 2.75) is 51.0 Å². The Labute approximate surface area is 160 Å². The number of carbonyl (C=O) groups excluding carboxylic acids is 2. The van der Waals surface area contributed by atoms with E-state index in [2.05, 4.69) is 20.2 Å². The predicted octanol–water partition coefficient (Wildman–Crippen LogP) is 1.60. The number of hydrogen-bond donors (Lipinski definition) is 1. The molecule has 27 heavy (non-hydrogen) atoms. The number of hydrogen-bond acceptors (Lipinski definition) is 6. The number of carbonyl (C=O) groups is 2. The third-order valence-electron chi connectivity index (χ3n) is 6.21. The van der Waals surface area contributed by atoms with Crippen LogP contribution in [0.4, 0.5) is 5.95 Å². The molecule has 2 saturated heterocycles. The van der Waals surface area contributed by atoms with Crippen molar-refractivity contribution >= 4 is 17.8 Å². The van der Waals surface area contributed by atoms with E-state index in [-0.39, 0.29) is 23.7 Å². The van der Waals surface area contributed by atoms with Crippen molar-refractivity contribution in [2.24, 2.45) is 11.8 Å². The smallest absolute Gasteiger partial charge is 0.233 e. The average Bonchev–Trinajstić information content (AvgIpc) is 2.97. The molecule has 1 unspecified atom stereocenters. The molecule has 1 aromatic rings. The summed E-state index contributed by atoms with van der Waals surface area (Å²) in [5, 5.41) is 3.56. The SMILES string of the molecule is O=C1[C@H]2CCCC[C@H]2C(=O)N1CCCCC1CN(c2ncccn2)CCN1. The van der Waals surface area contributed by atoms with Crippen molar-refractivity contribution in [2.75, 3.05) is 31.1 Å². The van der Waals surface area contributed by atoms with Gasteiger partial charge >= 0.3 is 0 Å². The Bertz CT molecular complexity index is 644. The van der Waals surface area contributed by atoms with Crippen LogP contribution in [0.1, 0.15) is 44.9 Å². The zero-order valence-electron chi connectivity index (χ0n) is 15.8. The number of nitrogens with one attached hydrogen (secondary N) is 1. The van der Waals surface area contributed by atoms with Gasteiger partial charge in [-0.15, -0.1) is 0 Å². The van der Waals surface area contributed by atoms with E-state index in [1.807, 2.05) is 6.07 Å². The summed E-state index contributed by atoms with van der Waals surface area (Å²) in [5.74, 6) is 0.928. The van der Waals surface area contributed by atoms with Gasteiger partial charge in [-0.3, -0.25) is 14.5 Å². The Hall–Kier alpha value is -2.02. The Kier molecular flexibility index (Phi) is 5.66. The van der Waals surface area contributed by atoms with Crippen molar-refractivity contribution in [3.8, 4) is 0 Å². The summed E-state index contributed by atoms with van der Waals surface area (Å²) in [6.07, 6.45) is 10.5. The van der Waals surface area contributed by atoms with Crippen LogP contribution in [0.3, 0.4) is 0 Å². The normalized spacial score (nSPS) is 28.5. The minimum atomic E-state index is -0.0225. The molecule has 3 heterocycles. The topological polar surface area (TPSA) is 78.4 Å². The summed E-state index contributed by atoms with van der Waals surface area (Å²) in [4.78, 5) is 37.5. The van der Waals surface area contributed by atoms with Gasteiger partial charge in [0, 0.05) is 44.6 Å². The number of unbranched alkanes of at least 4 members (excludes halogenated alkanes) is 1. The van der Waals surface area contributed by atoms with Gasteiger partial charge in [0.05, 0.1) is 11.8 Å². The zero-order chi connectivity index (χ0) is 18.6. The number of rotatable bonds is 6. The number of aromatic nitrogens is 2. The summed E-state index contributed by atoms with van der Waals surface area (Å²) in [7, 11) is 0. The van der Waals surface area contributed by atoms with Crippen molar-refractivity contribution in [1.29, 1.82) is 0 Å². The molecule has 146 valence electrons. The maximum absolute atomic E-state index is 12.5. The molecule has 7 nitrogen and oxygen atoms in total. The Morgan fingerprint density at radius 1 is 1.04 bits per heavy atom. The van der Waals surface area contributed by atoms with Gasteiger partial charge < -0.3 is 10.2 Å². The second kappa shape index (κ2) is 8.33. The van der Waals surface area contributed by atoms with Crippen LogP contribution < -0.4 is 10.2 Å². The third-order valence-corrected chi connectivity index (χ3v) is 6.21. The lowest BCUT2D eigenvalue weighted by Crippen LogP contribution is -2.51. The monoisotopic (exact) mass is 371 g/mol. The van der Waals surface area contributed by atoms with Gasteiger partial charge in [0.2, 0.25) is 17.8 Å². The predicted molar refractivity (Wildman–Crippen MR) is 102 cm³/mol. The first-order valence-electron chi connectivity index (χ1n) is 10.3. The summed E-state index contributed by atoms with van der Waals surface area (Å²) in [6.45, 7) is 3.33. The Morgan fingerprint density at radius 2 is 1.74 bits per heavy atom. The quantitative estimate of drug-likeness (QED) is 0.604. The van der Waals surface area contributed by atoms with Crippen LogP contribution >= 0.6 is 0 Å². The first-order valence-corrected chi connectivity index (χ1v) is 10.3. The van der Waals surface area contributed by atoms with Gasteiger partial charge in [-0.1, -0.05) is 19.3 Å². The number of amides is 2. The van der Waals surface area contributed by atoms with Crippen LogP contribution in [0.25, 0.3) is 0 Å². The summed E-state index contributed by atoms with van der Waals surface area (Å²) in [5.41, 5.74) is 0. The molecule has 1 aromatic heterocycles. The second-order valence-electron chi connectivity index (χ2n) is 7.97. The maximum Gasteiger partial charge on any atom is 0.233 e. The molecule has 2 aliphatic heterocycles. The number of nitrogens with zero attached hydrogens (tertiary/aromatic N) is 4. The highest BCUT2D eigenvalue weighted by molar-refractivity contribution is 6.05. The number of likely N-dealkylation sites (tertiary alicyclic amines) is 1. The molecule has 1 aliphatic carbocycles. The zero-order valence-corrected chi connectivity index (χ0v) is 15.8. The van der Waals surface area contributed by atoms with Gasteiger partial charge in [0.15, 0.2) is 0 Å². The van der Waals surface area contributed by atoms with Crippen molar-refractivity contribution in [3.05, 3.63) is 18.5 Å². The molecule has 0 radical (unpaired) electrons. The number of fused-ring (bicyclic) bond motifs is 1. The van der Waals surface area contributed by atoms with Crippen LogP contribution in [-0.2, 0) is 9.59 Å². The number of anilines is 1. The standard InChI is InChI=1S/C20H29N5O2/c26-18-16-7-1-2-8-17(16)19(27)25(18)12-4-3-6-15-14-24(13-11-21-15)20-22-9-5-10-23-20/h5,9-10,15-17,21H,1-4,6-8,11-14H2/t15?,16-,17+. The molecule has 3 fully saturated rings. The Balaban J connectivity index is 1.22. The molecular weight excluding hydrogens is 342 g/mol. The van der Waals surface area contributed by atoms with Gasteiger partial charge in [-0.2, -0.15) is 0 Å². The highest BCUT2D eigenvalue weighted by atomic mass is 16.2. The average molecular weight is 371 g/mol. The maximum atomic E-state index is 12.5. The van der Waals surface area contributed by atoms with Gasteiger partial charge in [0.1, 0.15) is 0 Å². The first-order chi connectivity index (χ1) is 13.2. The highest BCUT2D eigenvalue weighted by Gasteiger charge is 2.47. The fraction of sp³-hybridized carbons (Fsp3) is 0.700. The molecule has 2 amide bonds. The van der Waals surface area contributed by atoms with Crippen LogP contribution in [0.2, 0.25) is 0 Å². The molecule has 3 atom stereocenters. The minimum absolute atomic E-state index is 0.0225.